The van der Waals surface area contributed by atoms with Gasteiger partial charge in [-0.2, -0.15) is 0 Å². The van der Waals surface area contributed by atoms with Gasteiger partial charge >= 0.3 is 0 Å². The molecule has 0 spiro atoms. The van der Waals surface area contributed by atoms with Crippen molar-refractivity contribution < 1.29 is 0 Å². The SMILES string of the molecule is C=C1CC(C(C)=Nc2c(CC)ccc3ccc(-c4ccccc4)nc23)=CC=C1c1cccc(-c2cc(C3=CCC(c4ccccc4)C=C3)nc(-c3ccccc3)n2)c1. The molecule has 4 nitrogen and oxygen atoms in total. The van der Waals surface area contributed by atoms with Crippen molar-refractivity contribution in [1.29, 1.82) is 0 Å². The predicted molar refractivity (Wildman–Crippen MR) is 243 cm³/mol. The Morgan fingerprint density at radius 1 is 0.672 bits per heavy atom. The molecule has 0 N–H and O–H groups in total. The lowest BCUT2D eigenvalue weighted by Gasteiger charge is -2.19. The van der Waals surface area contributed by atoms with Gasteiger partial charge in [0.25, 0.3) is 0 Å². The monoisotopic (exact) mass is 748 g/mol. The summed E-state index contributed by atoms with van der Waals surface area (Å²) >= 11 is 0. The van der Waals surface area contributed by atoms with Crippen LogP contribution in [0.25, 0.3) is 56.0 Å². The van der Waals surface area contributed by atoms with Crippen molar-refractivity contribution in [1.82, 2.24) is 15.0 Å². The molecule has 0 amide bonds. The summed E-state index contributed by atoms with van der Waals surface area (Å²) in [5.41, 5.74) is 16.8. The van der Waals surface area contributed by atoms with Gasteiger partial charge < -0.3 is 0 Å². The summed E-state index contributed by atoms with van der Waals surface area (Å²) in [5.74, 6) is 1.07. The molecule has 58 heavy (non-hydrogen) atoms. The Balaban J connectivity index is 1.04. The standard InChI is InChI=1S/C54H44N4/c1-4-38-23-28-43-30-32-49(41-17-10-6-11-18-41)56-53(43)52(38)55-37(3)45-29-31-48(36(2)33-45)46-21-14-22-47(34-46)51-35-50(57-54(58-51)44-19-12-7-13-20-44)42-26-24-40(25-27-42)39-15-8-5-9-16-39/h5-24,26-32,34-35,40H,2,4,25,33H2,1,3H3. The van der Waals surface area contributed by atoms with E-state index in [2.05, 4.69) is 172 Å². The molecule has 0 bridgehead atoms. The summed E-state index contributed by atoms with van der Waals surface area (Å²) in [6.45, 7) is 8.87. The Morgan fingerprint density at radius 2 is 1.36 bits per heavy atom. The second kappa shape index (κ2) is 16.2. The summed E-state index contributed by atoms with van der Waals surface area (Å²) in [7, 11) is 0. The van der Waals surface area contributed by atoms with Crippen molar-refractivity contribution in [3.05, 3.63) is 216 Å². The van der Waals surface area contributed by atoms with Crippen LogP contribution in [-0.2, 0) is 6.42 Å². The zero-order valence-corrected chi connectivity index (χ0v) is 32.9. The summed E-state index contributed by atoms with van der Waals surface area (Å²) in [6, 6.07) is 50.6. The molecular formula is C54H44N4. The van der Waals surface area contributed by atoms with Crippen LogP contribution >= 0.6 is 0 Å². The minimum atomic E-state index is 0.357. The molecule has 5 aromatic carbocycles. The molecule has 0 aliphatic heterocycles. The number of aliphatic imine (C=N–C) groups is 1. The maximum atomic E-state index is 5.29. The fraction of sp³-hybridized carbons (Fsp3) is 0.111. The van der Waals surface area contributed by atoms with Gasteiger partial charge in [-0.1, -0.05) is 171 Å². The number of aromatic nitrogens is 3. The maximum Gasteiger partial charge on any atom is 0.160 e. The predicted octanol–water partition coefficient (Wildman–Crippen LogP) is 13.8. The highest BCUT2D eigenvalue weighted by Crippen LogP contribution is 2.37. The van der Waals surface area contributed by atoms with Gasteiger partial charge in [-0.25, -0.2) is 15.0 Å². The molecule has 0 radical (unpaired) electrons. The third-order valence-corrected chi connectivity index (χ3v) is 11.2. The van der Waals surface area contributed by atoms with E-state index in [1.807, 2.05) is 24.3 Å². The van der Waals surface area contributed by atoms with E-state index in [4.69, 9.17) is 19.9 Å². The summed E-state index contributed by atoms with van der Waals surface area (Å²) in [4.78, 5) is 20.7. The average Bonchev–Trinajstić information content (AvgIpc) is 3.29. The van der Waals surface area contributed by atoms with Crippen molar-refractivity contribution in [2.45, 2.75) is 39.0 Å². The van der Waals surface area contributed by atoms with Crippen LogP contribution in [0, 0.1) is 0 Å². The highest BCUT2D eigenvalue weighted by atomic mass is 14.9. The summed E-state index contributed by atoms with van der Waals surface area (Å²) in [6.07, 6.45) is 13.7. The summed E-state index contributed by atoms with van der Waals surface area (Å²) < 4.78 is 0. The minimum Gasteiger partial charge on any atom is -0.251 e. The van der Waals surface area contributed by atoms with Gasteiger partial charge in [0.2, 0.25) is 0 Å². The topological polar surface area (TPSA) is 51.0 Å². The van der Waals surface area contributed by atoms with E-state index in [-0.39, 0.29) is 0 Å². The van der Waals surface area contributed by atoms with Crippen LogP contribution in [0.2, 0.25) is 0 Å². The van der Waals surface area contributed by atoms with Crippen molar-refractivity contribution in [3.8, 4) is 33.9 Å². The van der Waals surface area contributed by atoms with E-state index < -0.39 is 0 Å². The number of hydrogen-bond acceptors (Lipinski definition) is 4. The van der Waals surface area contributed by atoms with Gasteiger partial charge in [-0.3, -0.25) is 4.99 Å². The quantitative estimate of drug-likeness (QED) is 0.138. The Bertz CT molecular complexity index is 2820. The molecule has 280 valence electrons. The molecule has 1 unspecified atom stereocenters. The fourth-order valence-electron chi connectivity index (χ4n) is 7.93. The van der Waals surface area contributed by atoms with Crippen LogP contribution in [-0.4, -0.2) is 20.7 Å². The Hall–Kier alpha value is -7.04. The molecule has 0 saturated heterocycles. The first-order valence-electron chi connectivity index (χ1n) is 20.1. The van der Waals surface area contributed by atoms with E-state index in [1.165, 1.54) is 11.1 Å². The Labute approximate surface area is 341 Å². The van der Waals surface area contributed by atoms with Gasteiger partial charge in [0.05, 0.1) is 28.3 Å². The molecule has 0 fully saturated rings. The number of fused-ring (bicyclic) bond motifs is 1. The zero-order valence-electron chi connectivity index (χ0n) is 32.9. The second-order valence-electron chi connectivity index (χ2n) is 15.0. The number of nitrogens with zero attached hydrogens (tertiary/aromatic N) is 4. The largest absolute Gasteiger partial charge is 0.251 e. The van der Waals surface area contributed by atoms with Crippen molar-refractivity contribution >= 4 is 33.4 Å². The van der Waals surface area contributed by atoms with E-state index in [9.17, 15) is 0 Å². The zero-order chi connectivity index (χ0) is 39.4. The molecule has 2 aromatic heterocycles. The average molecular weight is 749 g/mol. The van der Waals surface area contributed by atoms with E-state index in [0.717, 1.165) is 96.8 Å². The first-order valence-corrected chi connectivity index (χ1v) is 20.1. The molecule has 9 rings (SSSR count). The molecule has 7 aromatic rings. The fourth-order valence-corrected chi connectivity index (χ4v) is 7.93. The molecule has 0 saturated carbocycles. The number of aryl methyl sites for hydroxylation is 1. The lowest BCUT2D eigenvalue weighted by molar-refractivity contribution is 0.855. The first-order chi connectivity index (χ1) is 28.5. The Morgan fingerprint density at radius 3 is 2.09 bits per heavy atom. The number of benzene rings is 5. The molecule has 2 aliphatic rings. The smallest absolute Gasteiger partial charge is 0.160 e. The van der Waals surface area contributed by atoms with Crippen molar-refractivity contribution in [2.24, 2.45) is 4.99 Å². The third-order valence-electron chi connectivity index (χ3n) is 11.2. The number of allylic oxidation sites excluding steroid dienone is 9. The van der Waals surface area contributed by atoms with Crippen LogP contribution < -0.4 is 0 Å². The van der Waals surface area contributed by atoms with Crippen LogP contribution in [0.4, 0.5) is 5.69 Å². The molecular weight excluding hydrogens is 705 g/mol. The molecule has 1 atom stereocenters. The van der Waals surface area contributed by atoms with Crippen LogP contribution in [0.5, 0.6) is 0 Å². The van der Waals surface area contributed by atoms with Crippen molar-refractivity contribution in [3.63, 3.8) is 0 Å². The number of rotatable bonds is 9. The van der Waals surface area contributed by atoms with Crippen LogP contribution in [0.3, 0.4) is 0 Å². The van der Waals surface area contributed by atoms with Gasteiger partial charge in [-0.05, 0) is 83.4 Å². The van der Waals surface area contributed by atoms with E-state index >= 15 is 0 Å². The van der Waals surface area contributed by atoms with Crippen LogP contribution in [0.15, 0.2) is 199 Å². The van der Waals surface area contributed by atoms with Crippen molar-refractivity contribution in [2.75, 3.05) is 0 Å². The van der Waals surface area contributed by atoms with Crippen LogP contribution in [0.1, 0.15) is 55.0 Å². The lowest BCUT2D eigenvalue weighted by Crippen LogP contribution is -2.05. The highest BCUT2D eigenvalue weighted by molar-refractivity contribution is 6.05. The van der Waals surface area contributed by atoms with Gasteiger partial charge in [-0.15, -0.1) is 0 Å². The maximum absolute atomic E-state index is 5.29. The van der Waals surface area contributed by atoms with Gasteiger partial charge in [0.15, 0.2) is 5.82 Å². The van der Waals surface area contributed by atoms with Gasteiger partial charge in [0.1, 0.15) is 0 Å². The Kier molecular flexibility index (Phi) is 10.2. The summed E-state index contributed by atoms with van der Waals surface area (Å²) in [5, 5.41) is 1.09. The number of hydrogen-bond donors (Lipinski definition) is 0. The minimum absolute atomic E-state index is 0.357. The van der Waals surface area contributed by atoms with E-state index in [1.54, 1.807) is 0 Å². The first kappa shape index (κ1) is 36.6. The highest BCUT2D eigenvalue weighted by Gasteiger charge is 2.19. The third kappa shape index (κ3) is 7.57. The molecule has 2 heterocycles. The second-order valence-corrected chi connectivity index (χ2v) is 15.0. The van der Waals surface area contributed by atoms with E-state index in [0.29, 0.717) is 18.2 Å². The molecule has 2 aliphatic carbocycles. The normalized spacial score (nSPS) is 15.6. The number of pyridine rings is 1. The molecule has 4 heteroatoms. The van der Waals surface area contributed by atoms with Gasteiger partial charge in [0, 0.05) is 33.7 Å². The lowest BCUT2D eigenvalue weighted by atomic mass is 9.87.